The number of hydrogen-bond donors (Lipinski definition) is 2. The lowest BCUT2D eigenvalue weighted by Gasteiger charge is -2.12. The molecule has 1 aromatic rings. The van der Waals surface area contributed by atoms with E-state index in [1.807, 2.05) is 0 Å². The van der Waals surface area contributed by atoms with Crippen molar-refractivity contribution in [3.05, 3.63) is 26.4 Å². The summed E-state index contributed by atoms with van der Waals surface area (Å²) >= 11 is 0. The van der Waals surface area contributed by atoms with Crippen LogP contribution < -0.4 is 11.2 Å². The summed E-state index contributed by atoms with van der Waals surface area (Å²) in [5.41, 5.74) is -0.860. The quantitative estimate of drug-likeness (QED) is 0.608. The Balaban J connectivity index is 3.05. The van der Waals surface area contributed by atoms with Gasteiger partial charge in [0.05, 0.1) is 5.56 Å². The van der Waals surface area contributed by atoms with Gasteiger partial charge >= 0.3 is 5.69 Å². The number of aromatic hydroxyl groups is 1. The first-order valence-electron chi connectivity index (χ1n) is 5.98. The maximum Gasteiger partial charge on any atom is 0.331 e. The van der Waals surface area contributed by atoms with Gasteiger partial charge in [0.1, 0.15) is 0 Å². The normalized spacial score (nSPS) is 10.6. The van der Waals surface area contributed by atoms with E-state index in [2.05, 4.69) is 10.9 Å². The summed E-state index contributed by atoms with van der Waals surface area (Å²) in [4.78, 5) is 25.4. The first kappa shape index (κ1) is 14.1. The van der Waals surface area contributed by atoms with Gasteiger partial charge in [-0.3, -0.25) is 14.3 Å². The minimum atomic E-state index is -0.581. The average molecular weight is 250 g/mol. The van der Waals surface area contributed by atoms with Crippen LogP contribution in [0.25, 0.3) is 0 Å². The molecule has 0 fully saturated rings. The summed E-state index contributed by atoms with van der Waals surface area (Å²) < 4.78 is 1.19. The molecule has 1 heterocycles. The van der Waals surface area contributed by atoms with Crippen LogP contribution in [-0.4, -0.2) is 14.7 Å². The molecule has 0 radical (unpaired) electrons. The van der Waals surface area contributed by atoms with Crippen molar-refractivity contribution in [3.63, 3.8) is 0 Å². The molecule has 18 heavy (non-hydrogen) atoms. The molecule has 1 aromatic heterocycles. The molecular formula is C13H18N2O3. The standard InChI is InChI=1S/C13H18N2O3/c1-4-5-6-7-8-15-12(17)10(9(2)3)11(16)14-13(15)18/h1,9,17H,5-8H2,2-3H3,(H,14,16,18). The molecule has 0 saturated carbocycles. The zero-order valence-corrected chi connectivity index (χ0v) is 10.7. The van der Waals surface area contributed by atoms with Crippen molar-refractivity contribution in [1.29, 1.82) is 0 Å². The molecule has 0 unspecified atom stereocenters. The van der Waals surface area contributed by atoms with E-state index < -0.39 is 11.2 Å². The molecule has 1 rings (SSSR count). The van der Waals surface area contributed by atoms with Crippen LogP contribution in [0.3, 0.4) is 0 Å². The number of nitrogens with zero attached hydrogens (tertiary/aromatic N) is 1. The maximum absolute atomic E-state index is 11.6. The number of unbranched alkanes of at least 4 members (excludes halogenated alkanes) is 2. The van der Waals surface area contributed by atoms with Crippen LogP contribution in [0.5, 0.6) is 5.88 Å². The van der Waals surface area contributed by atoms with Crippen molar-refractivity contribution in [3.8, 4) is 18.2 Å². The Morgan fingerprint density at radius 1 is 1.39 bits per heavy atom. The summed E-state index contributed by atoms with van der Waals surface area (Å²) in [6.45, 7) is 3.93. The topological polar surface area (TPSA) is 75.1 Å². The maximum atomic E-state index is 11.6. The van der Waals surface area contributed by atoms with Gasteiger partial charge < -0.3 is 5.11 Å². The van der Waals surface area contributed by atoms with Gasteiger partial charge in [0.25, 0.3) is 5.56 Å². The van der Waals surface area contributed by atoms with Gasteiger partial charge in [-0.15, -0.1) is 12.3 Å². The molecule has 98 valence electrons. The largest absolute Gasteiger partial charge is 0.494 e. The monoisotopic (exact) mass is 250 g/mol. The SMILES string of the molecule is C#CCCCCn1c(O)c(C(C)C)c(=O)[nH]c1=O. The Morgan fingerprint density at radius 2 is 2.06 bits per heavy atom. The van der Waals surface area contributed by atoms with E-state index in [1.54, 1.807) is 13.8 Å². The van der Waals surface area contributed by atoms with E-state index >= 15 is 0 Å². The molecule has 0 aromatic carbocycles. The number of aromatic amines is 1. The van der Waals surface area contributed by atoms with E-state index in [-0.39, 0.29) is 17.4 Å². The minimum Gasteiger partial charge on any atom is -0.494 e. The number of rotatable bonds is 5. The molecule has 0 aliphatic rings. The first-order chi connectivity index (χ1) is 8.49. The van der Waals surface area contributed by atoms with E-state index in [4.69, 9.17) is 6.42 Å². The Bertz CT molecular complexity index is 561. The summed E-state index contributed by atoms with van der Waals surface area (Å²) in [6.07, 6.45) is 7.23. The Hall–Kier alpha value is -1.96. The van der Waals surface area contributed by atoms with Crippen molar-refractivity contribution < 1.29 is 5.11 Å². The highest BCUT2D eigenvalue weighted by molar-refractivity contribution is 5.25. The fourth-order valence-corrected chi connectivity index (χ4v) is 1.80. The van der Waals surface area contributed by atoms with E-state index in [9.17, 15) is 14.7 Å². The molecule has 2 N–H and O–H groups in total. The van der Waals surface area contributed by atoms with Crippen LogP contribution in [0.2, 0.25) is 0 Å². The number of terminal acetylenes is 1. The molecule has 0 spiro atoms. The van der Waals surface area contributed by atoms with Crippen molar-refractivity contribution in [2.45, 2.75) is 45.6 Å². The molecular weight excluding hydrogens is 232 g/mol. The highest BCUT2D eigenvalue weighted by atomic mass is 16.3. The highest BCUT2D eigenvalue weighted by Gasteiger charge is 2.16. The number of aromatic nitrogens is 2. The van der Waals surface area contributed by atoms with Crippen LogP contribution in [-0.2, 0) is 6.54 Å². The average Bonchev–Trinajstić information content (AvgIpc) is 2.26. The molecule has 0 aliphatic heterocycles. The van der Waals surface area contributed by atoms with E-state index in [0.29, 0.717) is 19.4 Å². The highest BCUT2D eigenvalue weighted by Crippen LogP contribution is 2.19. The van der Waals surface area contributed by atoms with Crippen LogP contribution in [0.1, 0.15) is 44.6 Å². The molecule has 0 saturated heterocycles. The van der Waals surface area contributed by atoms with E-state index in [0.717, 1.165) is 6.42 Å². The third-order valence-electron chi connectivity index (χ3n) is 2.74. The van der Waals surface area contributed by atoms with Crippen molar-refractivity contribution in [1.82, 2.24) is 9.55 Å². The van der Waals surface area contributed by atoms with Gasteiger partial charge in [-0.2, -0.15) is 0 Å². The smallest absolute Gasteiger partial charge is 0.331 e. The van der Waals surface area contributed by atoms with Gasteiger partial charge in [0, 0.05) is 13.0 Å². The minimum absolute atomic E-state index is 0.147. The first-order valence-corrected chi connectivity index (χ1v) is 5.98. The number of hydrogen-bond acceptors (Lipinski definition) is 3. The molecule has 0 aliphatic carbocycles. The molecule has 0 atom stereocenters. The van der Waals surface area contributed by atoms with Gasteiger partial charge in [0.2, 0.25) is 5.88 Å². The summed E-state index contributed by atoms with van der Waals surface area (Å²) in [6, 6.07) is 0. The van der Waals surface area contributed by atoms with Gasteiger partial charge in [-0.25, -0.2) is 4.79 Å². The summed E-state index contributed by atoms with van der Waals surface area (Å²) in [7, 11) is 0. The van der Waals surface area contributed by atoms with Gasteiger partial charge in [-0.05, 0) is 18.8 Å². The summed E-state index contributed by atoms with van der Waals surface area (Å²) in [5.74, 6) is 2.13. The lowest BCUT2D eigenvalue weighted by atomic mass is 10.1. The predicted octanol–water partition coefficient (Wildman–Crippen LogP) is 1.17. The fourth-order valence-electron chi connectivity index (χ4n) is 1.80. The predicted molar refractivity (Wildman–Crippen MR) is 69.8 cm³/mol. The number of nitrogens with one attached hydrogen (secondary N) is 1. The lowest BCUT2D eigenvalue weighted by Crippen LogP contribution is -2.32. The summed E-state index contributed by atoms with van der Waals surface area (Å²) in [5, 5.41) is 9.98. The van der Waals surface area contributed by atoms with Crippen molar-refractivity contribution >= 4 is 0 Å². The van der Waals surface area contributed by atoms with Crippen LogP contribution >= 0.6 is 0 Å². The van der Waals surface area contributed by atoms with Gasteiger partial charge in [-0.1, -0.05) is 13.8 Å². The Labute approximate surface area is 105 Å². The van der Waals surface area contributed by atoms with Crippen LogP contribution in [0.4, 0.5) is 0 Å². The van der Waals surface area contributed by atoms with Crippen molar-refractivity contribution in [2.75, 3.05) is 0 Å². The molecule has 5 nitrogen and oxygen atoms in total. The lowest BCUT2D eigenvalue weighted by molar-refractivity contribution is 0.384. The number of H-pyrrole nitrogens is 1. The Kier molecular flexibility index (Phi) is 4.78. The fraction of sp³-hybridized carbons (Fsp3) is 0.538. The van der Waals surface area contributed by atoms with Gasteiger partial charge in [0.15, 0.2) is 0 Å². The third-order valence-corrected chi connectivity index (χ3v) is 2.74. The zero-order valence-electron chi connectivity index (χ0n) is 10.7. The zero-order chi connectivity index (χ0) is 13.7. The second-order valence-corrected chi connectivity index (χ2v) is 4.46. The second-order valence-electron chi connectivity index (χ2n) is 4.46. The third kappa shape index (κ3) is 3.04. The van der Waals surface area contributed by atoms with Crippen LogP contribution in [0, 0.1) is 12.3 Å². The Morgan fingerprint density at radius 3 is 2.61 bits per heavy atom. The molecule has 0 amide bonds. The second kappa shape index (κ2) is 6.10. The van der Waals surface area contributed by atoms with Crippen LogP contribution in [0.15, 0.2) is 9.59 Å². The molecule has 0 bridgehead atoms. The van der Waals surface area contributed by atoms with E-state index in [1.165, 1.54) is 4.57 Å². The van der Waals surface area contributed by atoms with Crippen molar-refractivity contribution in [2.24, 2.45) is 0 Å². The molecule has 5 heteroatoms.